The SMILES string of the molecule is COC(=O)Nc1cccc(NC(=O)C(N)c2cccs2)c1. The molecule has 1 heterocycles. The minimum atomic E-state index is -0.720. The van der Waals surface area contributed by atoms with E-state index < -0.39 is 12.1 Å². The minimum Gasteiger partial charge on any atom is -0.453 e. The summed E-state index contributed by atoms with van der Waals surface area (Å²) < 4.78 is 4.51. The molecule has 0 saturated heterocycles. The molecule has 1 atom stereocenters. The predicted molar refractivity (Wildman–Crippen MR) is 82.3 cm³/mol. The Morgan fingerprint density at radius 3 is 2.52 bits per heavy atom. The monoisotopic (exact) mass is 305 g/mol. The minimum absolute atomic E-state index is 0.312. The van der Waals surface area contributed by atoms with E-state index in [-0.39, 0.29) is 5.91 Å². The summed E-state index contributed by atoms with van der Waals surface area (Å²) >= 11 is 1.43. The first kappa shape index (κ1) is 15.0. The highest BCUT2D eigenvalue weighted by Crippen LogP contribution is 2.20. The number of amides is 2. The van der Waals surface area contributed by atoms with Crippen LogP contribution in [0.4, 0.5) is 16.2 Å². The largest absolute Gasteiger partial charge is 0.453 e. The van der Waals surface area contributed by atoms with Crippen molar-refractivity contribution in [2.45, 2.75) is 6.04 Å². The van der Waals surface area contributed by atoms with Crippen LogP contribution in [0.5, 0.6) is 0 Å². The molecule has 21 heavy (non-hydrogen) atoms. The molecular weight excluding hydrogens is 290 g/mol. The van der Waals surface area contributed by atoms with Gasteiger partial charge in [-0.3, -0.25) is 10.1 Å². The summed E-state index contributed by atoms with van der Waals surface area (Å²) in [5, 5.41) is 7.10. The molecule has 1 aromatic heterocycles. The first-order chi connectivity index (χ1) is 10.1. The molecule has 0 saturated carbocycles. The zero-order chi connectivity index (χ0) is 15.2. The van der Waals surface area contributed by atoms with Gasteiger partial charge in [-0.05, 0) is 29.6 Å². The standard InChI is InChI=1S/C14H15N3O3S/c1-20-14(19)17-10-5-2-4-9(8-10)16-13(18)12(15)11-6-3-7-21-11/h2-8,12H,15H2,1H3,(H,16,18)(H,17,19). The second-order valence-corrected chi connectivity index (χ2v) is 5.16. The van der Waals surface area contributed by atoms with Gasteiger partial charge in [0.05, 0.1) is 7.11 Å². The second kappa shape index (κ2) is 6.87. The Bertz CT molecular complexity index is 628. The fourth-order valence-electron chi connectivity index (χ4n) is 1.66. The van der Waals surface area contributed by atoms with E-state index >= 15 is 0 Å². The topological polar surface area (TPSA) is 93.5 Å². The van der Waals surface area contributed by atoms with Crippen LogP contribution in [0.1, 0.15) is 10.9 Å². The highest BCUT2D eigenvalue weighted by Gasteiger charge is 2.16. The van der Waals surface area contributed by atoms with Gasteiger partial charge in [0.25, 0.3) is 0 Å². The lowest BCUT2D eigenvalue weighted by atomic mass is 10.2. The highest BCUT2D eigenvalue weighted by atomic mass is 32.1. The van der Waals surface area contributed by atoms with Crippen molar-refractivity contribution in [3.8, 4) is 0 Å². The van der Waals surface area contributed by atoms with Crippen molar-refractivity contribution in [2.75, 3.05) is 17.7 Å². The maximum atomic E-state index is 12.1. The van der Waals surface area contributed by atoms with E-state index in [0.717, 1.165) is 4.88 Å². The van der Waals surface area contributed by atoms with Gasteiger partial charge in [-0.15, -0.1) is 11.3 Å². The number of nitrogens with one attached hydrogen (secondary N) is 2. The molecule has 2 amide bonds. The van der Waals surface area contributed by atoms with E-state index in [1.807, 2.05) is 17.5 Å². The normalized spacial score (nSPS) is 11.5. The fraction of sp³-hybridized carbons (Fsp3) is 0.143. The summed E-state index contributed by atoms with van der Waals surface area (Å²) in [4.78, 5) is 24.0. The first-order valence-corrected chi connectivity index (χ1v) is 7.03. The van der Waals surface area contributed by atoms with Crippen molar-refractivity contribution in [2.24, 2.45) is 5.73 Å². The van der Waals surface area contributed by atoms with Gasteiger partial charge in [0, 0.05) is 16.3 Å². The molecule has 0 fully saturated rings. The molecular formula is C14H15N3O3S. The zero-order valence-corrected chi connectivity index (χ0v) is 12.1. The Morgan fingerprint density at radius 2 is 1.90 bits per heavy atom. The lowest BCUT2D eigenvalue weighted by Crippen LogP contribution is -2.27. The zero-order valence-electron chi connectivity index (χ0n) is 11.3. The van der Waals surface area contributed by atoms with Gasteiger partial charge < -0.3 is 15.8 Å². The van der Waals surface area contributed by atoms with Crippen LogP contribution in [-0.4, -0.2) is 19.1 Å². The average molecular weight is 305 g/mol. The van der Waals surface area contributed by atoms with Crippen molar-refractivity contribution in [3.05, 3.63) is 46.7 Å². The van der Waals surface area contributed by atoms with Crippen LogP contribution in [0, 0.1) is 0 Å². The van der Waals surface area contributed by atoms with E-state index in [1.54, 1.807) is 24.3 Å². The number of methoxy groups -OCH3 is 1. The lowest BCUT2D eigenvalue weighted by molar-refractivity contribution is -0.117. The van der Waals surface area contributed by atoms with Crippen molar-refractivity contribution >= 4 is 34.7 Å². The molecule has 0 aliphatic heterocycles. The van der Waals surface area contributed by atoms with Crippen LogP contribution < -0.4 is 16.4 Å². The number of carbonyl (C=O) groups is 2. The molecule has 2 aromatic rings. The Kier molecular flexibility index (Phi) is 4.91. The highest BCUT2D eigenvalue weighted by molar-refractivity contribution is 7.10. The number of benzene rings is 1. The smallest absolute Gasteiger partial charge is 0.411 e. The number of carbonyl (C=O) groups excluding carboxylic acids is 2. The van der Waals surface area contributed by atoms with E-state index in [1.165, 1.54) is 18.4 Å². The van der Waals surface area contributed by atoms with Crippen LogP contribution in [0.2, 0.25) is 0 Å². The molecule has 0 aliphatic carbocycles. The number of anilines is 2. The Labute approximate surface area is 125 Å². The number of thiophene rings is 1. The molecule has 0 bridgehead atoms. The molecule has 7 heteroatoms. The molecule has 0 aliphatic rings. The number of hydrogen-bond donors (Lipinski definition) is 3. The maximum Gasteiger partial charge on any atom is 0.411 e. The maximum absolute atomic E-state index is 12.1. The number of hydrogen-bond acceptors (Lipinski definition) is 5. The van der Waals surface area contributed by atoms with Crippen LogP contribution >= 0.6 is 11.3 Å². The van der Waals surface area contributed by atoms with Gasteiger partial charge in [-0.1, -0.05) is 12.1 Å². The molecule has 2 rings (SSSR count). The van der Waals surface area contributed by atoms with Crippen molar-refractivity contribution in [3.63, 3.8) is 0 Å². The molecule has 1 unspecified atom stereocenters. The van der Waals surface area contributed by atoms with Crippen molar-refractivity contribution in [1.82, 2.24) is 0 Å². The molecule has 0 radical (unpaired) electrons. The average Bonchev–Trinajstić information content (AvgIpc) is 3.00. The van der Waals surface area contributed by atoms with Gasteiger partial charge in [0.15, 0.2) is 0 Å². The number of rotatable bonds is 4. The summed E-state index contributed by atoms with van der Waals surface area (Å²) in [7, 11) is 1.28. The van der Waals surface area contributed by atoms with E-state index in [4.69, 9.17) is 5.73 Å². The summed E-state index contributed by atoms with van der Waals surface area (Å²) in [6, 6.07) is 9.65. The molecule has 110 valence electrons. The second-order valence-electron chi connectivity index (χ2n) is 4.18. The Morgan fingerprint density at radius 1 is 1.19 bits per heavy atom. The fourth-order valence-corrected chi connectivity index (χ4v) is 2.39. The molecule has 1 aromatic carbocycles. The van der Waals surface area contributed by atoms with Gasteiger partial charge in [-0.2, -0.15) is 0 Å². The number of ether oxygens (including phenoxy) is 1. The van der Waals surface area contributed by atoms with E-state index in [2.05, 4.69) is 15.4 Å². The number of nitrogens with two attached hydrogens (primary N) is 1. The van der Waals surface area contributed by atoms with Crippen LogP contribution in [0.15, 0.2) is 41.8 Å². The van der Waals surface area contributed by atoms with Gasteiger partial charge in [0.1, 0.15) is 6.04 Å². The van der Waals surface area contributed by atoms with E-state index in [0.29, 0.717) is 11.4 Å². The summed E-state index contributed by atoms with van der Waals surface area (Å²) in [6.45, 7) is 0. The van der Waals surface area contributed by atoms with Crippen LogP contribution in [0.3, 0.4) is 0 Å². The summed E-state index contributed by atoms with van der Waals surface area (Å²) in [6.07, 6.45) is -0.575. The van der Waals surface area contributed by atoms with Gasteiger partial charge >= 0.3 is 6.09 Å². The van der Waals surface area contributed by atoms with Gasteiger partial charge in [-0.25, -0.2) is 4.79 Å². The first-order valence-electron chi connectivity index (χ1n) is 6.15. The van der Waals surface area contributed by atoms with Crippen LogP contribution in [0.25, 0.3) is 0 Å². The summed E-state index contributed by atoms with van der Waals surface area (Å²) in [5.74, 6) is -0.312. The summed E-state index contributed by atoms with van der Waals surface area (Å²) in [5.41, 5.74) is 6.94. The Hall–Kier alpha value is -2.38. The third-order valence-corrected chi connectivity index (χ3v) is 3.65. The molecule has 4 N–H and O–H groups in total. The quantitative estimate of drug-likeness (QED) is 0.809. The van der Waals surface area contributed by atoms with Crippen LogP contribution in [-0.2, 0) is 9.53 Å². The Balaban J connectivity index is 2.04. The van der Waals surface area contributed by atoms with Crippen molar-refractivity contribution < 1.29 is 14.3 Å². The predicted octanol–water partition coefficient (Wildman–Crippen LogP) is 2.56. The third-order valence-electron chi connectivity index (χ3n) is 2.69. The lowest BCUT2D eigenvalue weighted by Gasteiger charge is -2.12. The van der Waals surface area contributed by atoms with Crippen molar-refractivity contribution in [1.29, 1.82) is 0 Å². The third kappa shape index (κ3) is 4.04. The molecule has 6 nitrogen and oxygen atoms in total. The van der Waals surface area contributed by atoms with Gasteiger partial charge in [0.2, 0.25) is 5.91 Å². The van der Waals surface area contributed by atoms with E-state index in [9.17, 15) is 9.59 Å². The molecule has 0 spiro atoms.